The van der Waals surface area contributed by atoms with Gasteiger partial charge in [-0.25, -0.2) is 9.79 Å². The molecular weight excluding hydrogens is 582 g/mol. The second-order valence-electron chi connectivity index (χ2n) is 9.83. The van der Waals surface area contributed by atoms with Gasteiger partial charge in [0.1, 0.15) is 22.9 Å². The van der Waals surface area contributed by atoms with Crippen molar-refractivity contribution in [2.24, 2.45) is 4.99 Å². The topological polar surface area (TPSA) is 116 Å². The van der Waals surface area contributed by atoms with Crippen LogP contribution in [-0.2, 0) is 23.9 Å². The molecule has 0 radical (unpaired) electrons. The van der Waals surface area contributed by atoms with Crippen LogP contribution < -0.4 is 24.5 Å². The molecule has 0 spiro atoms. The summed E-state index contributed by atoms with van der Waals surface area (Å²) >= 11 is 7.41. The van der Waals surface area contributed by atoms with Crippen molar-refractivity contribution in [2.75, 3.05) is 25.2 Å². The Bertz CT molecular complexity index is 1840. The maximum absolute atomic E-state index is 14.3. The minimum absolute atomic E-state index is 0.120. The first-order valence-corrected chi connectivity index (χ1v) is 14.4. The third-order valence-corrected chi connectivity index (χ3v) is 8.08. The Labute approximate surface area is 250 Å². The van der Waals surface area contributed by atoms with Crippen LogP contribution in [0, 0.1) is 0 Å². The van der Waals surface area contributed by atoms with Gasteiger partial charge < -0.3 is 14.2 Å². The van der Waals surface area contributed by atoms with E-state index in [1.165, 1.54) is 16.6 Å². The summed E-state index contributed by atoms with van der Waals surface area (Å²) in [5.41, 5.74) is 1.55. The fourth-order valence-electron chi connectivity index (χ4n) is 5.12. The molecule has 10 nitrogen and oxygen atoms in total. The number of rotatable bonds is 7. The number of anilines is 1. The van der Waals surface area contributed by atoms with E-state index in [9.17, 15) is 19.2 Å². The quantitative estimate of drug-likeness (QED) is 0.378. The van der Waals surface area contributed by atoms with Crippen LogP contribution in [0.4, 0.5) is 5.69 Å². The van der Waals surface area contributed by atoms with Gasteiger partial charge in [0, 0.05) is 16.1 Å². The lowest BCUT2D eigenvalue weighted by molar-refractivity contribution is -0.143. The lowest BCUT2D eigenvalue weighted by atomic mass is 9.95. The molecule has 0 N–H and O–H groups in total. The number of benzene rings is 2. The summed E-state index contributed by atoms with van der Waals surface area (Å²) in [6, 6.07) is 10.9. The molecule has 0 fully saturated rings. The van der Waals surface area contributed by atoms with E-state index in [4.69, 9.17) is 25.8 Å². The van der Waals surface area contributed by atoms with E-state index in [1.807, 2.05) is 0 Å². The number of fused-ring (bicyclic) bond motifs is 2. The van der Waals surface area contributed by atoms with Gasteiger partial charge in [-0.1, -0.05) is 41.1 Å². The first kappa shape index (κ1) is 29.3. The van der Waals surface area contributed by atoms with Gasteiger partial charge in [-0.2, -0.15) is 0 Å². The largest absolute Gasteiger partial charge is 0.496 e. The van der Waals surface area contributed by atoms with Gasteiger partial charge in [-0.05, 0) is 52.0 Å². The molecule has 42 heavy (non-hydrogen) atoms. The molecule has 0 bridgehead atoms. The van der Waals surface area contributed by atoms with Crippen molar-refractivity contribution >= 4 is 52.0 Å². The lowest BCUT2D eigenvalue weighted by Crippen LogP contribution is -2.41. The van der Waals surface area contributed by atoms with Gasteiger partial charge in [-0.3, -0.25) is 23.9 Å². The van der Waals surface area contributed by atoms with Crippen LogP contribution in [0.5, 0.6) is 5.75 Å². The number of ether oxygens (including phenoxy) is 3. The highest BCUT2D eigenvalue weighted by Crippen LogP contribution is 2.38. The third-order valence-electron chi connectivity index (χ3n) is 6.79. The molecule has 3 aromatic rings. The van der Waals surface area contributed by atoms with Gasteiger partial charge in [0.25, 0.3) is 11.5 Å². The molecule has 0 saturated heterocycles. The number of hydrogen-bond donors (Lipinski definition) is 0. The first-order chi connectivity index (χ1) is 20.1. The smallest absolute Gasteiger partial charge is 0.338 e. The van der Waals surface area contributed by atoms with Crippen LogP contribution in [-0.4, -0.2) is 48.8 Å². The van der Waals surface area contributed by atoms with Crippen LogP contribution in [0.15, 0.2) is 63.5 Å². The molecule has 3 heterocycles. The number of nitrogens with zero attached hydrogens (tertiary/aromatic N) is 3. The van der Waals surface area contributed by atoms with Crippen LogP contribution >= 0.6 is 22.9 Å². The van der Waals surface area contributed by atoms with E-state index in [1.54, 1.807) is 70.2 Å². The van der Waals surface area contributed by atoms with E-state index >= 15 is 0 Å². The monoisotopic (exact) mass is 609 g/mol. The van der Waals surface area contributed by atoms with Crippen LogP contribution in [0.25, 0.3) is 5.57 Å². The van der Waals surface area contributed by atoms with Crippen LogP contribution in [0.3, 0.4) is 0 Å². The Morgan fingerprint density at radius 3 is 2.57 bits per heavy atom. The van der Waals surface area contributed by atoms with E-state index < -0.39 is 35.6 Å². The number of aromatic nitrogens is 1. The normalized spacial score (nSPS) is 17.2. The highest BCUT2D eigenvalue weighted by Gasteiger charge is 2.39. The Hall–Kier alpha value is -4.22. The second kappa shape index (κ2) is 11.6. The Morgan fingerprint density at radius 1 is 1.14 bits per heavy atom. The summed E-state index contributed by atoms with van der Waals surface area (Å²) in [7, 11) is 1.48. The number of amides is 1. The predicted molar refractivity (Wildman–Crippen MR) is 157 cm³/mol. The van der Waals surface area contributed by atoms with Crippen LogP contribution in [0.2, 0.25) is 5.02 Å². The van der Waals surface area contributed by atoms with Gasteiger partial charge in [0.15, 0.2) is 4.80 Å². The van der Waals surface area contributed by atoms with Gasteiger partial charge in [0.2, 0.25) is 0 Å². The molecule has 0 unspecified atom stereocenters. The average Bonchev–Trinajstić information content (AvgIpc) is 3.40. The number of esters is 2. The van der Waals surface area contributed by atoms with Crippen molar-refractivity contribution in [1.82, 2.24) is 4.57 Å². The fraction of sp³-hybridized carbons (Fsp3) is 0.300. The van der Waals surface area contributed by atoms with Gasteiger partial charge in [0.05, 0.1) is 42.4 Å². The van der Waals surface area contributed by atoms with Crippen molar-refractivity contribution in [2.45, 2.75) is 39.8 Å². The fourth-order valence-corrected chi connectivity index (χ4v) is 6.43. The molecule has 0 saturated carbocycles. The summed E-state index contributed by atoms with van der Waals surface area (Å²) in [6.07, 6.45) is -0.426. The van der Waals surface area contributed by atoms with Crippen molar-refractivity contribution in [3.63, 3.8) is 0 Å². The molecule has 218 valence electrons. The summed E-state index contributed by atoms with van der Waals surface area (Å²) < 4.78 is 17.7. The van der Waals surface area contributed by atoms with Crippen molar-refractivity contribution in [3.8, 4) is 5.75 Å². The number of halogens is 1. The second-order valence-corrected chi connectivity index (χ2v) is 11.2. The molecule has 1 aromatic heterocycles. The Morgan fingerprint density at radius 2 is 1.88 bits per heavy atom. The standard InChI is InChI=1S/C30H28ClN3O7S/c1-6-40-22(35)14-33-20-10-8-7-9-18(20)24(27(33)36)26-28(37)34-25(19-13-17(31)11-12-21(19)39-5)23(29(38)41-15(2)3)16(4)32-30(34)42-26/h7-13,15,25H,6,14H2,1-5H3/b26-24-/t25-/m0/s1. The number of para-hydroxylation sites is 1. The number of allylic oxidation sites excluding steroid dienone is 1. The zero-order valence-electron chi connectivity index (χ0n) is 23.6. The van der Waals surface area contributed by atoms with E-state index in [-0.39, 0.29) is 33.6 Å². The van der Waals surface area contributed by atoms with Crippen molar-refractivity contribution in [3.05, 3.63) is 89.6 Å². The Balaban J connectivity index is 1.79. The minimum atomic E-state index is -1.00. The molecule has 5 rings (SSSR count). The highest BCUT2D eigenvalue weighted by atomic mass is 35.5. The maximum Gasteiger partial charge on any atom is 0.338 e. The SMILES string of the molecule is CCOC(=O)CN1C(=O)/C(=c2\sc3n(c2=O)[C@@H](c2cc(Cl)ccc2OC)C(C(=O)OC(C)C)=C(C)N=3)c2ccccc21. The molecule has 12 heteroatoms. The number of carbonyl (C=O) groups excluding carboxylic acids is 3. The zero-order chi connectivity index (χ0) is 30.3. The molecule has 0 aliphatic carbocycles. The average molecular weight is 610 g/mol. The number of thiazole rings is 1. The van der Waals surface area contributed by atoms with Crippen molar-refractivity contribution in [1.29, 1.82) is 0 Å². The predicted octanol–water partition coefficient (Wildman–Crippen LogP) is 3.13. The maximum atomic E-state index is 14.3. The van der Waals surface area contributed by atoms with Gasteiger partial charge in [-0.15, -0.1) is 0 Å². The number of carbonyl (C=O) groups is 3. The molecule has 1 atom stereocenters. The molecule has 2 aliphatic rings. The van der Waals surface area contributed by atoms with E-state index in [2.05, 4.69) is 4.99 Å². The molecular formula is C30H28ClN3O7S. The summed E-state index contributed by atoms with van der Waals surface area (Å²) in [4.78, 5) is 60.1. The number of hydrogen-bond acceptors (Lipinski definition) is 9. The first-order valence-electron chi connectivity index (χ1n) is 13.2. The summed E-state index contributed by atoms with van der Waals surface area (Å²) in [6.45, 7) is 6.66. The van der Waals surface area contributed by atoms with E-state index in [0.717, 1.165) is 11.3 Å². The molecule has 2 aliphatic heterocycles. The number of methoxy groups -OCH3 is 1. The third kappa shape index (κ3) is 5.03. The Kier molecular flexibility index (Phi) is 8.07. The summed E-state index contributed by atoms with van der Waals surface area (Å²) in [5.74, 6) is -1.32. The minimum Gasteiger partial charge on any atom is -0.496 e. The highest BCUT2D eigenvalue weighted by molar-refractivity contribution is 7.07. The summed E-state index contributed by atoms with van der Waals surface area (Å²) in [5, 5.41) is 0.372. The molecule has 2 aromatic carbocycles. The molecule has 1 amide bonds. The van der Waals surface area contributed by atoms with Crippen molar-refractivity contribution < 1.29 is 28.6 Å². The zero-order valence-corrected chi connectivity index (χ0v) is 25.2. The van der Waals surface area contributed by atoms with Crippen LogP contribution in [0.1, 0.15) is 44.9 Å². The lowest BCUT2D eigenvalue weighted by Gasteiger charge is -2.26. The van der Waals surface area contributed by atoms with Gasteiger partial charge >= 0.3 is 11.9 Å². The van der Waals surface area contributed by atoms with E-state index in [0.29, 0.717) is 33.3 Å².